The molecule has 0 bridgehead atoms. The first-order valence-corrected chi connectivity index (χ1v) is 6.14. The highest BCUT2D eigenvalue weighted by Crippen LogP contribution is 2.28. The number of aliphatic hydroxyl groups excluding tert-OH is 1. The van der Waals surface area contributed by atoms with Crippen molar-refractivity contribution in [3.8, 4) is 0 Å². The van der Waals surface area contributed by atoms with Crippen molar-refractivity contribution in [1.29, 1.82) is 0 Å². The van der Waals surface area contributed by atoms with E-state index in [9.17, 15) is 4.79 Å². The summed E-state index contributed by atoms with van der Waals surface area (Å²) in [6.07, 6.45) is 3.59. The van der Waals surface area contributed by atoms with Crippen molar-refractivity contribution in [1.82, 2.24) is 0 Å². The molecule has 1 aromatic rings. The zero-order valence-corrected chi connectivity index (χ0v) is 10.8. The molecule has 0 saturated carbocycles. The first-order valence-electron chi connectivity index (χ1n) is 5.76. The largest absolute Gasteiger partial charge is 0.396 e. The van der Waals surface area contributed by atoms with E-state index in [1.54, 1.807) is 18.2 Å². The summed E-state index contributed by atoms with van der Waals surface area (Å²) in [5.41, 5.74) is 1.40. The molecule has 0 fully saturated rings. The predicted molar refractivity (Wildman–Crippen MR) is 71.0 cm³/mol. The van der Waals surface area contributed by atoms with Gasteiger partial charge >= 0.3 is 0 Å². The smallest absolute Gasteiger partial charge is 0.152 e. The first kappa shape index (κ1) is 14.0. The fourth-order valence-corrected chi connectivity index (χ4v) is 2.11. The number of carbonyl (C=O) groups excluding carboxylic acids is 1. The van der Waals surface area contributed by atoms with Crippen LogP contribution >= 0.6 is 11.6 Å². The molecular formula is C13H18ClNO2. The molecule has 17 heavy (non-hydrogen) atoms. The van der Waals surface area contributed by atoms with Gasteiger partial charge in [-0.3, -0.25) is 4.79 Å². The number of halogens is 1. The van der Waals surface area contributed by atoms with Crippen LogP contribution in [0, 0.1) is 0 Å². The molecule has 0 radical (unpaired) electrons. The Morgan fingerprint density at radius 2 is 2.12 bits per heavy atom. The molecule has 1 aromatic carbocycles. The van der Waals surface area contributed by atoms with Gasteiger partial charge in [0.25, 0.3) is 0 Å². The molecule has 1 rings (SSSR count). The molecule has 94 valence electrons. The minimum atomic E-state index is 0.232. The van der Waals surface area contributed by atoms with Crippen molar-refractivity contribution in [3.63, 3.8) is 0 Å². The number of para-hydroxylation sites is 1. The molecule has 0 saturated heterocycles. The van der Waals surface area contributed by atoms with E-state index in [0.29, 0.717) is 10.6 Å². The summed E-state index contributed by atoms with van der Waals surface area (Å²) in [4.78, 5) is 12.9. The maximum absolute atomic E-state index is 10.9. The van der Waals surface area contributed by atoms with Crippen LogP contribution in [-0.2, 0) is 0 Å². The van der Waals surface area contributed by atoms with Gasteiger partial charge in [0.05, 0.1) is 10.7 Å². The third kappa shape index (κ3) is 4.02. The summed E-state index contributed by atoms with van der Waals surface area (Å²) in [6.45, 7) is 1.06. The fraction of sp³-hybridized carbons (Fsp3) is 0.462. The van der Waals surface area contributed by atoms with Crippen molar-refractivity contribution >= 4 is 23.6 Å². The molecule has 0 heterocycles. The maximum atomic E-state index is 10.9. The number of benzene rings is 1. The number of hydrogen-bond acceptors (Lipinski definition) is 3. The lowest BCUT2D eigenvalue weighted by Crippen LogP contribution is -2.20. The third-order valence-corrected chi connectivity index (χ3v) is 2.98. The van der Waals surface area contributed by atoms with Gasteiger partial charge in [-0.15, -0.1) is 0 Å². The normalized spacial score (nSPS) is 10.3. The molecule has 0 unspecified atom stereocenters. The molecule has 4 heteroatoms. The van der Waals surface area contributed by atoms with E-state index in [4.69, 9.17) is 16.7 Å². The van der Waals surface area contributed by atoms with Gasteiger partial charge in [-0.25, -0.2) is 0 Å². The minimum absolute atomic E-state index is 0.232. The van der Waals surface area contributed by atoms with Gasteiger partial charge in [0.2, 0.25) is 0 Å². The van der Waals surface area contributed by atoms with Crippen molar-refractivity contribution in [2.24, 2.45) is 0 Å². The number of unbranched alkanes of at least 4 members (excludes halogenated alkanes) is 2. The zero-order valence-electron chi connectivity index (χ0n) is 10.0. The summed E-state index contributed by atoms with van der Waals surface area (Å²) >= 11 is 6.10. The molecule has 1 N–H and O–H groups in total. The quantitative estimate of drug-likeness (QED) is 0.602. The Hall–Kier alpha value is -1.06. The van der Waals surface area contributed by atoms with Gasteiger partial charge in [0.15, 0.2) is 6.29 Å². The number of aldehydes is 1. The highest BCUT2D eigenvalue weighted by Gasteiger charge is 2.10. The molecule has 0 atom stereocenters. The lowest BCUT2D eigenvalue weighted by molar-refractivity contribution is 0.112. The Balaban J connectivity index is 2.67. The number of carbonyl (C=O) groups is 1. The topological polar surface area (TPSA) is 40.5 Å². The lowest BCUT2D eigenvalue weighted by atomic mass is 10.1. The molecule has 0 spiro atoms. The van der Waals surface area contributed by atoms with Crippen molar-refractivity contribution in [2.45, 2.75) is 19.3 Å². The molecule has 0 amide bonds. The van der Waals surface area contributed by atoms with Crippen LogP contribution in [0.15, 0.2) is 18.2 Å². The van der Waals surface area contributed by atoms with E-state index in [1.807, 2.05) is 11.9 Å². The number of hydrogen-bond donors (Lipinski definition) is 1. The fourth-order valence-electron chi connectivity index (χ4n) is 1.78. The van der Waals surface area contributed by atoms with Gasteiger partial charge in [0.1, 0.15) is 0 Å². The molecule has 3 nitrogen and oxygen atoms in total. The molecular weight excluding hydrogens is 238 g/mol. The molecule has 0 aromatic heterocycles. The predicted octanol–water partition coefficient (Wildman–Crippen LogP) is 2.75. The van der Waals surface area contributed by atoms with E-state index in [-0.39, 0.29) is 6.61 Å². The number of aliphatic hydroxyl groups is 1. The van der Waals surface area contributed by atoms with Crippen LogP contribution in [0.25, 0.3) is 0 Å². The van der Waals surface area contributed by atoms with E-state index < -0.39 is 0 Å². The van der Waals surface area contributed by atoms with Crippen molar-refractivity contribution in [2.75, 3.05) is 25.1 Å². The van der Waals surface area contributed by atoms with Gasteiger partial charge in [0, 0.05) is 25.8 Å². The van der Waals surface area contributed by atoms with Gasteiger partial charge in [-0.1, -0.05) is 17.7 Å². The third-order valence-electron chi connectivity index (χ3n) is 2.68. The van der Waals surface area contributed by atoms with Crippen LogP contribution in [-0.4, -0.2) is 31.6 Å². The van der Waals surface area contributed by atoms with Gasteiger partial charge in [-0.05, 0) is 31.4 Å². The standard InChI is InChI=1S/C13H18ClNO2/c1-15(8-3-2-4-9-16)13-11(10-17)6-5-7-12(13)14/h5-7,10,16H,2-4,8-9H2,1H3. The lowest BCUT2D eigenvalue weighted by Gasteiger charge is -2.22. The highest BCUT2D eigenvalue weighted by atomic mass is 35.5. The molecule has 0 aliphatic carbocycles. The SMILES string of the molecule is CN(CCCCCO)c1c(Cl)cccc1C=O. The van der Waals surface area contributed by atoms with E-state index in [1.165, 1.54) is 0 Å². The van der Waals surface area contributed by atoms with Crippen molar-refractivity contribution in [3.05, 3.63) is 28.8 Å². The van der Waals surface area contributed by atoms with Crippen molar-refractivity contribution < 1.29 is 9.90 Å². The summed E-state index contributed by atoms with van der Waals surface area (Å²) < 4.78 is 0. The van der Waals surface area contributed by atoms with Crippen LogP contribution in [0.5, 0.6) is 0 Å². The Bertz CT molecular complexity index is 368. The maximum Gasteiger partial charge on any atom is 0.152 e. The van der Waals surface area contributed by atoms with Crippen LogP contribution in [0.4, 0.5) is 5.69 Å². The first-order chi connectivity index (χ1) is 8.20. The highest BCUT2D eigenvalue weighted by molar-refractivity contribution is 6.33. The monoisotopic (exact) mass is 255 g/mol. The second-order valence-electron chi connectivity index (χ2n) is 4.00. The summed E-state index contributed by atoms with van der Waals surface area (Å²) in [6, 6.07) is 5.32. The number of rotatable bonds is 7. The molecule has 0 aliphatic heterocycles. The van der Waals surface area contributed by atoms with Crippen LogP contribution in [0.3, 0.4) is 0 Å². The Kier molecular flexibility index (Phi) is 6.01. The van der Waals surface area contributed by atoms with E-state index in [0.717, 1.165) is 37.8 Å². The average Bonchev–Trinajstić information content (AvgIpc) is 2.34. The molecule has 0 aliphatic rings. The summed E-state index contributed by atoms with van der Waals surface area (Å²) in [5, 5.41) is 9.29. The second kappa shape index (κ2) is 7.30. The zero-order chi connectivity index (χ0) is 12.7. The van der Waals surface area contributed by atoms with Gasteiger partial charge in [-0.2, -0.15) is 0 Å². The number of nitrogens with zero attached hydrogens (tertiary/aromatic N) is 1. The van der Waals surface area contributed by atoms with Crippen LogP contribution in [0.1, 0.15) is 29.6 Å². The summed E-state index contributed by atoms with van der Waals surface area (Å²) in [7, 11) is 1.92. The summed E-state index contributed by atoms with van der Waals surface area (Å²) in [5.74, 6) is 0. The second-order valence-corrected chi connectivity index (χ2v) is 4.41. The van der Waals surface area contributed by atoms with Crippen LogP contribution < -0.4 is 4.90 Å². The van der Waals surface area contributed by atoms with Gasteiger partial charge < -0.3 is 10.0 Å². The average molecular weight is 256 g/mol. The van der Waals surface area contributed by atoms with E-state index in [2.05, 4.69) is 0 Å². The number of anilines is 1. The Morgan fingerprint density at radius 3 is 2.76 bits per heavy atom. The Morgan fingerprint density at radius 1 is 1.35 bits per heavy atom. The van der Waals surface area contributed by atoms with Crippen LogP contribution in [0.2, 0.25) is 5.02 Å². The minimum Gasteiger partial charge on any atom is -0.396 e. The van der Waals surface area contributed by atoms with E-state index >= 15 is 0 Å². The Labute approximate surface area is 107 Å².